The number of hydrogen-bond acceptors (Lipinski definition) is 2. The molecule has 4 nitrogen and oxygen atoms in total. The lowest BCUT2D eigenvalue weighted by atomic mass is 10.1. The average Bonchev–Trinajstić information content (AvgIpc) is 3.11. The van der Waals surface area contributed by atoms with Gasteiger partial charge in [0.15, 0.2) is 0 Å². The van der Waals surface area contributed by atoms with Gasteiger partial charge >= 0.3 is 0 Å². The molecule has 1 aliphatic rings. The first kappa shape index (κ1) is 15.4. The number of rotatable bonds is 5. The van der Waals surface area contributed by atoms with Crippen molar-refractivity contribution < 1.29 is 4.79 Å². The van der Waals surface area contributed by atoms with Crippen LogP contribution in [0.5, 0.6) is 0 Å². The molecule has 116 valence electrons. The monoisotopic (exact) mass is 337 g/mol. The van der Waals surface area contributed by atoms with Crippen molar-refractivity contribution in [2.45, 2.75) is 31.8 Å². The van der Waals surface area contributed by atoms with Gasteiger partial charge in [0, 0.05) is 30.9 Å². The van der Waals surface area contributed by atoms with Gasteiger partial charge < -0.3 is 9.88 Å². The smallest absolute Gasteiger partial charge is 0.224 e. The first-order valence-electron chi connectivity index (χ1n) is 7.26. The van der Waals surface area contributed by atoms with Crippen LogP contribution >= 0.6 is 23.2 Å². The van der Waals surface area contributed by atoms with Gasteiger partial charge in [0.2, 0.25) is 5.91 Å². The highest BCUT2D eigenvalue weighted by Crippen LogP contribution is 2.50. The van der Waals surface area contributed by atoms with Gasteiger partial charge in [-0.1, -0.05) is 35.3 Å². The molecule has 0 saturated heterocycles. The topological polar surface area (TPSA) is 46.9 Å². The maximum atomic E-state index is 12.3. The SMILES string of the molecule is C[C@H](Cn1ccnc1)NC(=O)[C@H]1C[C@@H]1c1cccc(Cl)c1Cl. The van der Waals surface area contributed by atoms with E-state index in [0.717, 1.165) is 12.0 Å². The van der Waals surface area contributed by atoms with Crippen LogP contribution in [0, 0.1) is 5.92 Å². The maximum Gasteiger partial charge on any atom is 0.224 e. The van der Waals surface area contributed by atoms with Crippen molar-refractivity contribution in [2.75, 3.05) is 0 Å². The van der Waals surface area contributed by atoms with Gasteiger partial charge in [-0.2, -0.15) is 0 Å². The van der Waals surface area contributed by atoms with Crippen molar-refractivity contribution in [3.8, 4) is 0 Å². The van der Waals surface area contributed by atoms with Crippen LogP contribution in [0.15, 0.2) is 36.9 Å². The zero-order valence-corrected chi connectivity index (χ0v) is 13.7. The molecule has 1 aromatic carbocycles. The number of benzene rings is 1. The van der Waals surface area contributed by atoms with Crippen molar-refractivity contribution in [3.05, 3.63) is 52.5 Å². The number of imidazole rings is 1. The van der Waals surface area contributed by atoms with Crippen LogP contribution in [0.2, 0.25) is 10.0 Å². The zero-order chi connectivity index (χ0) is 15.7. The summed E-state index contributed by atoms with van der Waals surface area (Å²) in [5.41, 5.74) is 0.969. The Kier molecular flexibility index (Phi) is 4.41. The molecule has 1 saturated carbocycles. The largest absolute Gasteiger partial charge is 0.352 e. The number of aromatic nitrogens is 2. The Hall–Kier alpha value is -1.52. The second-order valence-electron chi connectivity index (χ2n) is 5.76. The van der Waals surface area contributed by atoms with E-state index >= 15 is 0 Å². The molecule has 2 aromatic rings. The van der Waals surface area contributed by atoms with Gasteiger partial charge in [-0.3, -0.25) is 4.79 Å². The Morgan fingerprint density at radius 1 is 1.50 bits per heavy atom. The van der Waals surface area contributed by atoms with Gasteiger partial charge in [-0.15, -0.1) is 0 Å². The molecule has 0 radical (unpaired) electrons. The van der Waals surface area contributed by atoms with Gasteiger partial charge in [0.05, 0.1) is 16.4 Å². The summed E-state index contributed by atoms with van der Waals surface area (Å²) in [5.74, 6) is 0.238. The summed E-state index contributed by atoms with van der Waals surface area (Å²) in [6.07, 6.45) is 6.18. The number of carbonyl (C=O) groups excluding carboxylic acids is 1. The summed E-state index contributed by atoms with van der Waals surface area (Å²) < 4.78 is 1.95. The second kappa shape index (κ2) is 6.31. The van der Waals surface area contributed by atoms with Crippen LogP contribution in [0.25, 0.3) is 0 Å². The first-order chi connectivity index (χ1) is 10.6. The lowest BCUT2D eigenvalue weighted by Gasteiger charge is -2.14. The van der Waals surface area contributed by atoms with Crippen LogP contribution in [0.1, 0.15) is 24.8 Å². The van der Waals surface area contributed by atoms with Crippen LogP contribution in [-0.2, 0) is 11.3 Å². The average molecular weight is 338 g/mol. The molecule has 1 aliphatic carbocycles. The molecule has 0 bridgehead atoms. The van der Waals surface area contributed by atoms with Gasteiger partial charge in [0.25, 0.3) is 0 Å². The van der Waals surface area contributed by atoms with Crippen LogP contribution in [-0.4, -0.2) is 21.5 Å². The molecule has 1 heterocycles. The summed E-state index contributed by atoms with van der Waals surface area (Å²) in [5, 5.41) is 4.16. The summed E-state index contributed by atoms with van der Waals surface area (Å²) in [6, 6.07) is 5.63. The number of hydrogen-bond donors (Lipinski definition) is 1. The summed E-state index contributed by atoms with van der Waals surface area (Å²) >= 11 is 12.3. The first-order valence-corrected chi connectivity index (χ1v) is 8.02. The fourth-order valence-corrected chi connectivity index (χ4v) is 3.19. The molecular weight excluding hydrogens is 321 g/mol. The van der Waals surface area contributed by atoms with Crippen molar-refractivity contribution in [3.63, 3.8) is 0 Å². The van der Waals surface area contributed by atoms with Crippen LogP contribution < -0.4 is 5.32 Å². The molecule has 1 aromatic heterocycles. The van der Waals surface area contributed by atoms with E-state index in [0.29, 0.717) is 16.6 Å². The van der Waals surface area contributed by atoms with Crippen molar-refractivity contribution in [1.29, 1.82) is 0 Å². The quantitative estimate of drug-likeness (QED) is 0.907. The van der Waals surface area contributed by atoms with Crippen molar-refractivity contribution >= 4 is 29.1 Å². The highest BCUT2D eigenvalue weighted by atomic mass is 35.5. The van der Waals surface area contributed by atoms with Gasteiger partial charge in [0.1, 0.15) is 0 Å². The molecule has 0 unspecified atom stereocenters. The van der Waals surface area contributed by atoms with E-state index in [1.165, 1.54) is 0 Å². The molecule has 3 rings (SSSR count). The normalized spacial score (nSPS) is 21.4. The molecular formula is C16H17Cl2N3O. The third-order valence-corrected chi connectivity index (χ3v) is 4.77. The van der Waals surface area contributed by atoms with E-state index < -0.39 is 0 Å². The molecule has 1 fully saturated rings. The third kappa shape index (κ3) is 3.28. The standard InChI is InChI=1S/C16H17Cl2N3O/c1-10(8-21-6-5-19-9-21)20-16(22)13-7-12(13)11-3-2-4-14(17)15(11)18/h2-6,9-10,12-13H,7-8H2,1H3,(H,20,22)/t10-,12-,13+/m1/s1. The maximum absolute atomic E-state index is 12.3. The van der Waals surface area contributed by atoms with E-state index in [2.05, 4.69) is 10.3 Å². The van der Waals surface area contributed by atoms with Gasteiger partial charge in [-0.25, -0.2) is 4.98 Å². The zero-order valence-electron chi connectivity index (χ0n) is 12.2. The Labute approximate surface area is 139 Å². The van der Waals surface area contributed by atoms with E-state index in [9.17, 15) is 4.79 Å². The van der Waals surface area contributed by atoms with Crippen LogP contribution in [0.3, 0.4) is 0 Å². The minimum absolute atomic E-state index is 0.0128. The summed E-state index contributed by atoms with van der Waals surface area (Å²) in [7, 11) is 0. The highest BCUT2D eigenvalue weighted by Gasteiger charge is 2.45. The van der Waals surface area contributed by atoms with E-state index in [1.54, 1.807) is 18.6 Å². The van der Waals surface area contributed by atoms with E-state index in [4.69, 9.17) is 23.2 Å². The number of nitrogens with one attached hydrogen (secondary N) is 1. The Balaban J connectivity index is 1.57. The van der Waals surface area contributed by atoms with Crippen molar-refractivity contribution in [2.24, 2.45) is 5.92 Å². The predicted molar refractivity (Wildman–Crippen MR) is 87.1 cm³/mol. The predicted octanol–water partition coefficient (Wildman–Crippen LogP) is 3.50. The Bertz CT molecular complexity index is 672. The number of amides is 1. The lowest BCUT2D eigenvalue weighted by Crippen LogP contribution is -2.36. The lowest BCUT2D eigenvalue weighted by molar-refractivity contribution is -0.123. The minimum atomic E-state index is -0.0128. The van der Waals surface area contributed by atoms with E-state index in [1.807, 2.05) is 29.8 Å². The number of halogens is 2. The molecule has 3 atom stereocenters. The highest BCUT2D eigenvalue weighted by molar-refractivity contribution is 6.42. The summed E-state index contributed by atoms with van der Waals surface area (Å²) in [4.78, 5) is 16.3. The van der Waals surface area contributed by atoms with E-state index in [-0.39, 0.29) is 23.8 Å². The number of nitrogens with zero attached hydrogens (tertiary/aromatic N) is 2. The van der Waals surface area contributed by atoms with Crippen molar-refractivity contribution in [1.82, 2.24) is 14.9 Å². The Morgan fingerprint density at radius 2 is 2.32 bits per heavy atom. The summed E-state index contributed by atoms with van der Waals surface area (Å²) in [6.45, 7) is 2.70. The fraction of sp³-hybridized carbons (Fsp3) is 0.375. The van der Waals surface area contributed by atoms with Crippen LogP contribution in [0.4, 0.5) is 0 Å². The number of carbonyl (C=O) groups is 1. The molecule has 0 aliphatic heterocycles. The fourth-order valence-electron chi connectivity index (χ4n) is 2.74. The third-order valence-electron chi connectivity index (χ3n) is 3.94. The molecule has 6 heteroatoms. The molecule has 22 heavy (non-hydrogen) atoms. The second-order valence-corrected chi connectivity index (χ2v) is 6.55. The minimum Gasteiger partial charge on any atom is -0.352 e. The van der Waals surface area contributed by atoms with Gasteiger partial charge in [-0.05, 0) is 30.9 Å². The Morgan fingerprint density at radius 3 is 3.05 bits per heavy atom. The molecule has 1 N–H and O–H groups in total. The molecule has 0 spiro atoms. The molecule has 1 amide bonds.